The van der Waals surface area contributed by atoms with Crippen molar-refractivity contribution in [1.29, 1.82) is 5.41 Å². The van der Waals surface area contributed by atoms with Gasteiger partial charge in [0, 0.05) is 13.1 Å². The van der Waals surface area contributed by atoms with E-state index in [1.807, 2.05) is 13.8 Å². The molecule has 0 saturated carbocycles. The monoisotopic (exact) mass is 304 g/mol. The second kappa shape index (κ2) is 8.00. The second-order valence-electron chi connectivity index (χ2n) is 4.89. The Morgan fingerprint density at radius 3 is 1.95 bits per heavy atom. The molecule has 1 aromatic carbocycles. The highest BCUT2D eigenvalue weighted by Gasteiger charge is 2.23. The molecule has 0 fully saturated rings. The van der Waals surface area contributed by atoms with Gasteiger partial charge >= 0.3 is 0 Å². The van der Waals surface area contributed by atoms with Crippen molar-refractivity contribution in [1.82, 2.24) is 4.90 Å². The van der Waals surface area contributed by atoms with E-state index >= 15 is 0 Å². The molecule has 118 valence electrons. The zero-order valence-electron chi connectivity index (χ0n) is 12.3. The van der Waals surface area contributed by atoms with E-state index in [0.29, 0.717) is 19.2 Å². The Bertz CT molecular complexity index is 495. The first-order valence-electron chi connectivity index (χ1n) is 7.10. The fourth-order valence-corrected chi connectivity index (χ4v) is 1.95. The molecular weight excluding hydrogens is 284 g/mol. The van der Waals surface area contributed by atoms with Gasteiger partial charge in [-0.05, 0) is 18.9 Å². The number of unbranched alkanes of at least 4 members (excludes halogenated alkanes) is 2. The molecule has 0 radical (unpaired) electrons. The summed E-state index contributed by atoms with van der Waals surface area (Å²) in [5.41, 5.74) is -0.543. The lowest BCUT2D eigenvalue weighted by atomic mass is 10.1. The predicted molar refractivity (Wildman–Crippen MR) is 74.5 cm³/mol. The van der Waals surface area contributed by atoms with Crippen molar-refractivity contribution < 1.29 is 17.6 Å². The Labute approximate surface area is 122 Å². The van der Waals surface area contributed by atoms with Crippen molar-refractivity contribution >= 4 is 5.84 Å². The summed E-state index contributed by atoms with van der Waals surface area (Å²) in [7, 11) is 0. The van der Waals surface area contributed by atoms with E-state index in [-0.39, 0.29) is 5.84 Å². The fourth-order valence-electron chi connectivity index (χ4n) is 1.95. The first-order chi connectivity index (χ1) is 9.93. The van der Waals surface area contributed by atoms with Crippen molar-refractivity contribution in [3.05, 3.63) is 34.9 Å². The summed E-state index contributed by atoms with van der Waals surface area (Å²) in [5, 5.41) is 7.98. The third kappa shape index (κ3) is 4.19. The van der Waals surface area contributed by atoms with Crippen LogP contribution in [0.2, 0.25) is 0 Å². The number of hydrogen-bond donors (Lipinski definition) is 1. The highest BCUT2D eigenvalue weighted by molar-refractivity contribution is 5.96. The van der Waals surface area contributed by atoms with Crippen LogP contribution in [0.5, 0.6) is 0 Å². The fraction of sp³-hybridized carbons (Fsp3) is 0.533. The molecule has 0 aliphatic heterocycles. The SMILES string of the molecule is CCCCN(CCCC)C(=N)c1cc(F)c(F)c(F)c1F. The van der Waals surface area contributed by atoms with Gasteiger partial charge in [0.1, 0.15) is 5.84 Å². The third-order valence-corrected chi connectivity index (χ3v) is 3.24. The van der Waals surface area contributed by atoms with E-state index in [0.717, 1.165) is 25.7 Å². The van der Waals surface area contributed by atoms with Crippen LogP contribution in [-0.2, 0) is 0 Å². The molecule has 0 aliphatic rings. The van der Waals surface area contributed by atoms with Gasteiger partial charge in [0.25, 0.3) is 0 Å². The summed E-state index contributed by atoms with van der Waals surface area (Å²) in [6.45, 7) is 4.93. The van der Waals surface area contributed by atoms with Crippen LogP contribution in [0.3, 0.4) is 0 Å². The lowest BCUT2D eigenvalue weighted by Crippen LogP contribution is -2.34. The maximum Gasteiger partial charge on any atom is 0.198 e. The number of hydrogen-bond acceptors (Lipinski definition) is 1. The van der Waals surface area contributed by atoms with Gasteiger partial charge in [-0.1, -0.05) is 26.7 Å². The van der Waals surface area contributed by atoms with Crippen LogP contribution in [0, 0.1) is 28.7 Å². The first-order valence-corrected chi connectivity index (χ1v) is 7.10. The molecule has 1 rings (SSSR count). The lowest BCUT2D eigenvalue weighted by molar-refractivity contribution is 0.386. The van der Waals surface area contributed by atoms with Crippen LogP contribution in [0.25, 0.3) is 0 Å². The van der Waals surface area contributed by atoms with Crippen LogP contribution >= 0.6 is 0 Å². The Morgan fingerprint density at radius 1 is 0.952 bits per heavy atom. The van der Waals surface area contributed by atoms with Crippen molar-refractivity contribution in [3.63, 3.8) is 0 Å². The standard InChI is InChI=1S/C15H20F4N2/c1-3-5-7-21(8-6-4-2)15(20)10-9-11(16)13(18)14(19)12(10)17/h9,20H,3-8H2,1-2H3. The Morgan fingerprint density at radius 2 is 1.48 bits per heavy atom. The first kappa shape index (κ1) is 17.5. The van der Waals surface area contributed by atoms with E-state index in [1.165, 1.54) is 0 Å². The molecule has 0 unspecified atom stereocenters. The molecule has 6 heteroatoms. The largest absolute Gasteiger partial charge is 0.357 e. The van der Waals surface area contributed by atoms with Gasteiger partial charge in [0.15, 0.2) is 23.3 Å². The van der Waals surface area contributed by atoms with Crippen molar-refractivity contribution in [3.8, 4) is 0 Å². The molecule has 0 saturated heterocycles. The molecule has 0 aliphatic carbocycles. The number of nitrogens with one attached hydrogen (secondary N) is 1. The molecule has 0 spiro atoms. The Balaban J connectivity index is 3.08. The van der Waals surface area contributed by atoms with E-state index in [9.17, 15) is 17.6 Å². The molecule has 0 aromatic heterocycles. The lowest BCUT2D eigenvalue weighted by Gasteiger charge is -2.25. The maximum atomic E-state index is 13.7. The highest BCUT2D eigenvalue weighted by Crippen LogP contribution is 2.20. The number of nitrogens with zero attached hydrogens (tertiary/aromatic N) is 1. The number of benzene rings is 1. The summed E-state index contributed by atoms with van der Waals surface area (Å²) >= 11 is 0. The predicted octanol–water partition coefficient (Wildman–Crippen LogP) is 4.47. The van der Waals surface area contributed by atoms with E-state index in [4.69, 9.17) is 5.41 Å². The zero-order valence-corrected chi connectivity index (χ0v) is 12.3. The number of halogens is 4. The molecule has 0 heterocycles. The van der Waals surface area contributed by atoms with Crippen molar-refractivity contribution in [2.75, 3.05) is 13.1 Å². The maximum absolute atomic E-state index is 13.7. The van der Waals surface area contributed by atoms with Crippen LogP contribution in [0.1, 0.15) is 45.1 Å². The normalized spacial score (nSPS) is 10.8. The summed E-state index contributed by atoms with van der Waals surface area (Å²) in [5.74, 6) is -7.04. The Kier molecular flexibility index (Phi) is 6.65. The molecule has 1 N–H and O–H groups in total. The van der Waals surface area contributed by atoms with Gasteiger partial charge in [-0.2, -0.15) is 0 Å². The van der Waals surface area contributed by atoms with Crippen LogP contribution in [0.15, 0.2) is 6.07 Å². The van der Waals surface area contributed by atoms with E-state index < -0.39 is 28.8 Å². The van der Waals surface area contributed by atoms with Crippen LogP contribution in [0.4, 0.5) is 17.6 Å². The van der Waals surface area contributed by atoms with E-state index in [1.54, 1.807) is 4.90 Å². The average Bonchev–Trinajstić information content (AvgIpc) is 2.48. The molecular formula is C15H20F4N2. The highest BCUT2D eigenvalue weighted by atomic mass is 19.2. The summed E-state index contributed by atoms with van der Waals surface area (Å²) < 4.78 is 53.2. The molecule has 0 amide bonds. The van der Waals surface area contributed by atoms with Gasteiger partial charge in [-0.15, -0.1) is 0 Å². The minimum absolute atomic E-state index is 0.313. The summed E-state index contributed by atoms with van der Waals surface area (Å²) in [6.07, 6.45) is 3.31. The van der Waals surface area contributed by atoms with Crippen LogP contribution < -0.4 is 0 Å². The minimum atomic E-state index is -1.87. The quantitative estimate of drug-likeness (QED) is 0.260. The Hall–Kier alpha value is -1.59. The minimum Gasteiger partial charge on any atom is -0.357 e. The van der Waals surface area contributed by atoms with Gasteiger partial charge < -0.3 is 4.90 Å². The summed E-state index contributed by atoms with van der Waals surface area (Å²) in [4.78, 5) is 1.57. The van der Waals surface area contributed by atoms with Gasteiger partial charge in [0.05, 0.1) is 5.56 Å². The number of rotatable bonds is 7. The average molecular weight is 304 g/mol. The topological polar surface area (TPSA) is 27.1 Å². The van der Waals surface area contributed by atoms with Crippen molar-refractivity contribution in [2.45, 2.75) is 39.5 Å². The van der Waals surface area contributed by atoms with Crippen LogP contribution in [-0.4, -0.2) is 23.8 Å². The molecule has 0 atom stereocenters. The third-order valence-electron chi connectivity index (χ3n) is 3.24. The van der Waals surface area contributed by atoms with E-state index in [2.05, 4.69) is 0 Å². The second-order valence-corrected chi connectivity index (χ2v) is 4.89. The summed E-state index contributed by atoms with van der Waals surface area (Å²) in [6, 6.07) is 0.543. The van der Waals surface area contributed by atoms with Gasteiger partial charge in [0.2, 0.25) is 0 Å². The smallest absolute Gasteiger partial charge is 0.198 e. The van der Waals surface area contributed by atoms with Crippen molar-refractivity contribution in [2.24, 2.45) is 0 Å². The molecule has 21 heavy (non-hydrogen) atoms. The van der Waals surface area contributed by atoms with Gasteiger partial charge in [-0.3, -0.25) is 5.41 Å². The molecule has 1 aromatic rings. The number of amidine groups is 1. The molecule has 0 bridgehead atoms. The molecule has 2 nitrogen and oxygen atoms in total. The zero-order chi connectivity index (χ0) is 16.0. The van der Waals surface area contributed by atoms with Gasteiger partial charge in [-0.25, -0.2) is 17.6 Å².